The third-order valence-electron chi connectivity index (χ3n) is 1.68. The van der Waals surface area contributed by atoms with E-state index in [9.17, 15) is 5.11 Å². The second-order valence-electron chi connectivity index (χ2n) is 3.17. The highest BCUT2D eigenvalue weighted by molar-refractivity contribution is 9.10. The van der Waals surface area contributed by atoms with E-state index in [-0.39, 0.29) is 0 Å². The lowest BCUT2D eigenvalue weighted by Gasteiger charge is -2.15. The van der Waals surface area contributed by atoms with E-state index >= 15 is 0 Å². The summed E-state index contributed by atoms with van der Waals surface area (Å²) in [6, 6.07) is 0. The van der Waals surface area contributed by atoms with Crippen molar-refractivity contribution < 1.29 is 5.11 Å². The number of likely N-dealkylation sites (N-methyl/N-ethyl adjacent to an activating group) is 1. The quantitative estimate of drug-likeness (QED) is 0.829. The molecule has 0 saturated carbocycles. The number of nitrogens with zero attached hydrogens (tertiary/aromatic N) is 4. The van der Waals surface area contributed by atoms with Crippen LogP contribution in [0.5, 0.6) is 0 Å². The molecule has 0 aliphatic heterocycles. The molecule has 5 nitrogen and oxygen atoms in total. The summed E-state index contributed by atoms with van der Waals surface area (Å²) in [5.41, 5.74) is 0.703. The number of hydrogen-bond acceptors (Lipinski definition) is 4. The molecule has 0 spiro atoms. The van der Waals surface area contributed by atoms with Crippen molar-refractivity contribution in [1.29, 1.82) is 0 Å². The van der Waals surface area contributed by atoms with Gasteiger partial charge in [0.2, 0.25) is 0 Å². The molecule has 1 atom stereocenters. The van der Waals surface area contributed by atoms with E-state index in [4.69, 9.17) is 0 Å². The van der Waals surface area contributed by atoms with Crippen molar-refractivity contribution in [2.24, 2.45) is 7.05 Å². The fourth-order valence-electron chi connectivity index (χ4n) is 1.12. The van der Waals surface area contributed by atoms with Crippen LogP contribution >= 0.6 is 15.9 Å². The second kappa shape index (κ2) is 4.17. The average Bonchev–Trinajstić information content (AvgIpc) is 2.29. The molecule has 0 aliphatic carbocycles. The predicted molar refractivity (Wildman–Crippen MR) is 52.2 cm³/mol. The largest absolute Gasteiger partial charge is 0.385 e. The molecule has 0 saturated heterocycles. The van der Waals surface area contributed by atoms with Crippen LogP contribution in [-0.2, 0) is 7.05 Å². The standard InChI is InChI=1S/C7H13BrN4O/c1-11(2)4-5(13)6-7(8)9-10-12(6)3/h5,13H,4H2,1-3H3. The Bertz CT molecular complexity index is 267. The highest BCUT2D eigenvalue weighted by Crippen LogP contribution is 2.20. The summed E-state index contributed by atoms with van der Waals surface area (Å²) >= 11 is 3.23. The minimum absolute atomic E-state index is 0.555. The van der Waals surface area contributed by atoms with E-state index < -0.39 is 6.10 Å². The van der Waals surface area contributed by atoms with Crippen molar-refractivity contribution in [2.45, 2.75) is 6.10 Å². The zero-order valence-electron chi connectivity index (χ0n) is 7.90. The first-order valence-electron chi connectivity index (χ1n) is 3.90. The molecule has 6 heteroatoms. The van der Waals surface area contributed by atoms with Crippen LogP contribution in [0, 0.1) is 0 Å². The van der Waals surface area contributed by atoms with Gasteiger partial charge in [0, 0.05) is 13.6 Å². The number of aliphatic hydroxyl groups excluding tert-OH is 1. The third kappa shape index (κ3) is 2.49. The van der Waals surface area contributed by atoms with Gasteiger partial charge in [-0.05, 0) is 30.0 Å². The number of rotatable bonds is 3. The Hall–Kier alpha value is -0.460. The number of aryl methyl sites for hydroxylation is 1. The predicted octanol–water partition coefficient (Wildman–Crippen LogP) is 0.173. The Balaban J connectivity index is 2.81. The molecule has 1 heterocycles. The Kier molecular flexibility index (Phi) is 3.40. The number of aromatic nitrogens is 3. The van der Waals surface area contributed by atoms with Gasteiger partial charge in [0.05, 0.1) is 0 Å². The van der Waals surface area contributed by atoms with Crippen LogP contribution in [-0.4, -0.2) is 45.6 Å². The van der Waals surface area contributed by atoms with E-state index in [1.54, 1.807) is 11.7 Å². The van der Waals surface area contributed by atoms with E-state index in [0.29, 0.717) is 16.8 Å². The van der Waals surface area contributed by atoms with Crippen LogP contribution in [0.2, 0.25) is 0 Å². The number of halogens is 1. The molecular formula is C7H13BrN4O. The minimum atomic E-state index is -0.565. The van der Waals surface area contributed by atoms with Gasteiger partial charge in [0.15, 0.2) is 4.60 Å². The van der Waals surface area contributed by atoms with Crippen LogP contribution < -0.4 is 0 Å². The van der Waals surface area contributed by atoms with Gasteiger partial charge in [0.1, 0.15) is 11.8 Å². The summed E-state index contributed by atoms with van der Waals surface area (Å²) in [6.45, 7) is 0.555. The Morgan fingerprint density at radius 2 is 2.23 bits per heavy atom. The molecule has 1 aromatic rings. The van der Waals surface area contributed by atoms with Crippen molar-refractivity contribution >= 4 is 15.9 Å². The van der Waals surface area contributed by atoms with E-state index in [1.807, 2.05) is 19.0 Å². The lowest BCUT2D eigenvalue weighted by atomic mass is 10.2. The monoisotopic (exact) mass is 248 g/mol. The molecule has 0 fully saturated rings. The molecule has 13 heavy (non-hydrogen) atoms. The summed E-state index contributed by atoms with van der Waals surface area (Å²) in [4.78, 5) is 1.91. The topological polar surface area (TPSA) is 54.2 Å². The van der Waals surface area contributed by atoms with E-state index in [2.05, 4.69) is 26.2 Å². The van der Waals surface area contributed by atoms with Gasteiger partial charge in [-0.1, -0.05) is 5.21 Å². The smallest absolute Gasteiger partial charge is 0.154 e. The third-order valence-corrected chi connectivity index (χ3v) is 2.25. The fourth-order valence-corrected chi connectivity index (χ4v) is 1.72. The first kappa shape index (κ1) is 10.6. The van der Waals surface area contributed by atoms with Gasteiger partial charge in [-0.2, -0.15) is 0 Å². The Labute approximate surface area is 85.5 Å². The van der Waals surface area contributed by atoms with Gasteiger partial charge in [-0.3, -0.25) is 0 Å². The number of aliphatic hydroxyl groups is 1. The maximum atomic E-state index is 9.77. The van der Waals surface area contributed by atoms with Gasteiger partial charge in [-0.25, -0.2) is 4.68 Å². The van der Waals surface area contributed by atoms with Crippen molar-refractivity contribution in [3.63, 3.8) is 0 Å². The minimum Gasteiger partial charge on any atom is -0.385 e. The van der Waals surface area contributed by atoms with Crippen LogP contribution in [0.25, 0.3) is 0 Å². The highest BCUT2D eigenvalue weighted by Gasteiger charge is 2.17. The highest BCUT2D eigenvalue weighted by atomic mass is 79.9. The van der Waals surface area contributed by atoms with Crippen LogP contribution in [0.3, 0.4) is 0 Å². The lowest BCUT2D eigenvalue weighted by Crippen LogP contribution is -2.22. The fraction of sp³-hybridized carbons (Fsp3) is 0.714. The Morgan fingerprint density at radius 1 is 1.62 bits per heavy atom. The molecule has 0 aromatic carbocycles. The normalized spacial score (nSPS) is 13.7. The first-order chi connectivity index (χ1) is 6.02. The molecule has 74 valence electrons. The molecule has 1 rings (SSSR count). The second-order valence-corrected chi connectivity index (χ2v) is 3.92. The first-order valence-corrected chi connectivity index (χ1v) is 4.69. The summed E-state index contributed by atoms with van der Waals surface area (Å²) in [7, 11) is 5.56. The van der Waals surface area contributed by atoms with Crippen molar-refractivity contribution in [1.82, 2.24) is 19.9 Å². The SMILES string of the molecule is CN(C)CC(O)c1c(Br)nnn1C. The van der Waals surface area contributed by atoms with Crippen molar-refractivity contribution in [3.05, 3.63) is 10.3 Å². The molecule has 0 radical (unpaired) electrons. The molecule has 0 aliphatic rings. The molecular weight excluding hydrogens is 236 g/mol. The zero-order valence-corrected chi connectivity index (χ0v) is 9.48. The summed E-state index contributed by atoms with van der Waals surface area (Å²) < 4.78 is 2.17. The summed E-state index contributed by atoms with van der Waals surface area (Å²) in [6.07, 6.45) is -0.565. The summed E-state index contributed by atoms with van der Waals surface area (Å²) in [5.74, 6) is 0. The molecule has 1 aromatic heterocycles. The molecule has 0 bridgehead atoms. The van der Waals surface area contributed by atoms with Gasteiger partial charge in [0.25, 0.3) is 0 Å². The van der Waals surface area contributed by atoms with Gasteiger partial charge >= 0.3 is 0 Å². The van der Waals surface area contributed by atoms with Crippen LogP contribution in [0.15, 0.2) is 4.60 Å². The maximum absolute atomic E-state index is 9.77. The van der Waals surface area contributed by atoms with Crippen molar-refractivity contribution in [2.75, 3.05) is 20.6 Å². The number of hydrogen-bond donors (Lipinski definition) is 1. The van der Waals surface area contributed by atoms with Crippen LogP contribution in [0.1, 0.15) is 11.8 Å². The maximum Gasteiger partial charge on any atom is 0.154 e. The van der Waals surface area contributed by atoms with Crippen LogP contribution in [0.4, 0.5) is 0 Å². The Morgan fingerprint density at radius 3 is 2.62 bits per heavy atom. The molecule has 1 N–H and O–H groups in total. The van der Waals surface area contributed by atoms with E-state index in [1.165, 1.54) is 0 Å². The molecule has 0 amide bonds. The lowest BCUT2D eigenvalue weighted by molar-refractivity contribution is 0.130. The average molecular weight is 249 g/mol. The van der Waals surface area contributed by atoms with Crippen molar-refractivity contribution in [3.8, 4) is 0 Å². The van der Waals surface area contributed by atoms with Gasteiger partial charge in [-0.15, -0.1) is 5.10 Å². The zero-order chi connectivity index (χ0) is 10.0. The van der Waals surface area contributed by atoms with Gasteiger partial charge < -0.3 is 10.0 Å². The van der Waals surface area contributed by atoms with E-state index in [0.717, 1.165) is 0 Å². The molecule has 1 unspecified atom stereocenters. The summed E-state index contributed by atoms with van der Waals surface area (Å²) in [5, 5.41) is 17.4.